The standard InChI is InChI=1S/C12H21NO2/c1-2-3-8-12(15)13-11-7-5-4-6-10(11)9-14/h2,10-11,14H,1,3-9H2,(H,13,15). The fourth-order valence-corrected chi connectivity index (χ4v) is 2.13. The van der Waals surface area contributed by atoms with Crippen molar-refractivity contribution in [2.75, 3.05) is 6.61 Å². The van der Waals surface area contributed by atoms with E-state index in [1.54, 1.807) is 6.08 Å². The third-order valence-corrected chi connectivity index (χ3v) is 3.07. The van der Waals surface area contributed by atoms with Gasteiger partial charge in [-0.1, -0.05) is 18.9 Å². The lowest BCUT2D eigenvalue weighted by Crippen LogP contribution is -2.43. The highest BCUT2D eigenvalue weighted by Gasteiger charge is 2.25. The van der Waals surface area contributed by atoms with Gasteiger partial charge in [-0.05, 0) is 19.3 Å². The number of carbonyl (C=O) groups is 1. The molecule has 0 aromatic rings. The fourth-order valence-electron chi connectivity index (χ4n) is 2.13. The molecular formula is C12H21NO2. The highest BCUT2D eigenvalue weighted by Crippen LogP contribution is 2.23. The van der Waals surface area contributed by atoms with Gasteiger partial charge >= 0.3 is 0 Å². The summed E-state index contributed by atoms with van der Waals surface area (Å²) in [4.78, 5) is 11.5. The van der Waals surface area contributed by atoms with Gasteiger partial charge in [0, 0.05) is 25.0 Å². The molecule has 2 atom stereocenters. The number of hydrogen-bond donors (Lipinski definition) is 2. The van der Waals surface area contributed by atoms with E-state index in [2.05, 4.69) is 11.9 Å². The highest BCUT2D eigenvalue weighted by molar-refractivity contribution is 5.76. The van der Waals surface area contributed by atoms with E-state index in [1.165, 1.54) is 6.42 Å². The molecule has 1 amide bonds. The molecule has 0 aromatic carbocycles. The summed E-state index contributed by atoms with van der Waals surface area (Å²) in [6, 6.07) is 0.182. The second-order valence-electron chi connectivity index (χ2n) is 4.23. The second kappa shape index (κ2) is 6.62. The number of carbonyl (C=O) groups excluding carboxylic acids is 1. The molecule has 1 aliphatic rings. The Bertz CT molecular complexity index is 216. The Morgan fingerprint density at radius 3 is 2.87 bits per heavy atom. The van der Waals surface area contributed by atoms with Crippen molar-refractivity contribution in [1.82, 2.24) is 5.32 Å². The Labute approximate surface area is 91.6 Å². The van der Waals surface area contributed by atoms with Gasteiger partial charge in [-0.2, -0.15) is 0 Å². The van der Waals surface area contributed by atoms with Crippen molar-refractivity contribution in [3.8, 4) is 0 Å². The molecule has 0 bridgehead atoms. The molecule has 2 N–H and O–H groups in total. The summed E-state index contributed by atoms with van der Waals surface area (Å²) in [6.45, 7) is 3.78. The minimum absolute atomic E-state index is 0.0836. The Morgan fingerprint density at radius 2 is 2.20 bits per heavy atom. The molecular weight excluding hydrogens is 190 g/mol. The predicted molar refractivity (Wildman–Crippen MR) is 60.4 cm³/mol. The topological polar surface area (TPSA) is 49.3 Å². The van der Waals surface area contributed by atoms with Crippen LogP contribution in [0.3, 0.4) is 0 Å². The maximum atomic E-state index is 11.5. The van der Waals surface area contributed by atoms with E-state index in [1.807, 2.05) is 0 Å². The van der Waals surface area contributed by atoms with Gasteiger partial charge in [0.15, 0.2) is 0 Å². The van der Waals surface area contributed by atoms with Gasteiger partial charge in [0.1, 0.15) is 0 Å². The van der Waals surface area contributed by atoms with Gasteiger partial charge in [-0.15, -0.1) is 6.58 Å². The molecule has 0 aliphatic heterocycles. The van der Waals surface area contributed by atoms with Gasteiger partial charge in [0.2, 0.25) is 5.91 Å². The zero-order valence-corrected chi connectivity index (χ0v) is 9.24. The molecule has 0 saturated heterocycles. The first kappa shape index (κ1) is 12.2. The predicted octanol–water partition coefficient (Wildman–Crippen LogP) is 1.62. The Kier molecular flexibility index (Phi) is 5.40. The van der Waals surface area contributed by atoms with Crippen molar-refractivity contribution in [2.24, 2.45) is 5.92 Å². The fraction of sp³-hybridized carbons (Fsp3) is 0.750. The van der Waals surface area contributed by atoms with Crippen molar-refractivity contribution >= 4 is 5.91 Å². The van der Waals surface area contributed by atoms with Crippen LogP contribution in [-0.2, 0) is 4.79 Å². The zero-order chi connectivity index (χ0) is 11.1. The van der Waals surface area contributed by atoms with E-state index in [4.69, 9.17) is 0 Å². The van der Waals surface area contributed by atoms with E-state index < -0.39 is 0 Å². The van der Waals surface area contributed by atoms with Crippen LogP contribution in [0.25, 0.3) is 0 Å². The number of aliphatic hydroxyl groups excluding tert-OH is 1. The number of aliphatic hydroxyl groups is 1. The number of hydrogen-bond acceptors (Lipinski definition) is 2. The molecule has 3 nitrogen and oxygen atoms in total. The average Bonchev–Trinajstić information content (AvgIpc) is 2.27. The maximum Gasteiger partial charge on any atom is 0.220 e. The van der Waals surface area contributed by atoms with E-state index >= 15 is 0 Å². The highest BCUT2D eigenvalue weighted by atomic mass is 16.3. The summed E-state index contributed by atoms with van der Waals surface area (Å²) in [5.74, 6) is 0.340. The molecule has 1 rings (SSSR count). The summed E-state index contributed by atoms with van der Waals surface area (Å²) in [7, 11) is 0. The Morgan fingerprint density at radius 1 is 1.47 bits per heavy atom. The minimum Gasteiger partial charge on any atom is -0.396 e. The molecule has 2 unspecified atom stereocenters. The zero-order valence-electron chi connectivity index (χ0n) is 9.24. The first-order valence-corrected chi connectivity index (χ1v) is 5.79. The van der Waals surface area contributed by atoms with Gasteiger partial charge in [0.05, 0.1) is 0 Å². The first-order chi connectivity index (χ1) is 7.27. The molecule has 0 radical (unpaired) electrons. The summed E-state index contributed by atoms with van der Waals surface area (Å²) >= 11 is 0. The quantitative estimate of drug-likeness (QED) is 0.679. The van der Waals surface area contributed by atoms with Gasteiger partial charge in [-0.3, -0.25) is 4.79 Å². The number of nitrogens with one attached hydrogen (secondary N) is 1. The summed E-state index contributed by atoms with van der Waals surface area (Å²) < 4.78 is 0. The number of rotatable bonds is 5. The smallest absolute Gasteiger partial charge is 0.220 e. The average molecular weight is 211 g/mol. The van der Waals surface area contributed by atoms with Crippen molar-refractivity contribution < 1.29 is 9.90 Å². The van der Waals surface area contributed by atoms with Crippen LogP contribution >= 0.6 is 0 Å². The van der Waals surface area contributed by atoms with Crippen LogP contribution in [-0.4, -0.2) is 23.7 Å². The van der Waals surface area contributed by atoms with E-state index in [9.17, 15) is 9.90 Å². The molecule has 1 fully saturated rings. The van der Waals surface area contributed by atoms with Crippen LogP contribution in [0.2, 0.25) is 0 Å². The van der Waals surface area contributed by atoms with Crippen molar-refractivity contribution in [3.05, 3.63) is 12.7 Å². The van der Waals surface area contributed by atoms with Crippen LogP contribution in [0.1, 0.15) is 38.5 Å². The van der Waals surface area contributed by atoms with Crippen LogP contribution in [0.4, 0.5) is 0 Å². The molecule has 15 heavy (non-hydrogen) atoms. The Balaban J connectivity index is 2.33. The van der Waals surface area contributed by atoms with Gasteiger partial charge < -0.3 is 10.4 Å². The Hall–Kier alpha value is -0.830. The van der Waals surface area contributed by atoms with Crippen molar-refractivity contribution in [3.63, 3.8) is 0 Å². The third kappa shape index (κ3) is 4.04. The lowest BCUT2D eigenvalue weighted by Gasteiger charge is -2.30. The van der Waals surface area contributed by atoms with Gasteiger partial charge in [0.25, 0.3) is 0 Å². The molecule has 0 aromatic heterocycles. The summed E-state index contributed by atoms with van der Waals surface area (Å²) in [5.41, 5.74) is 0. The summed E-state index contributed by atoms with van der Waals surface area (Å²) in [6.07, 6.45) is 7.35. The molecule has 0 heterocycles. The molecule has 0 spiro atoms. The maximum absolute atomic E-state index is 11.5. The SMILES string of the molecule is C=CCCC(=O)NC1CCCCC1CO. The van der Waals surface area contributed by atoms with Crippen LogP contribution in [0, 0.1) is 5.92 Å². The van der Waals surface area contributed by atoms with Crippen LogP contribution in [0.15, 0.2) is 12.7 Å². The third-order valence-electron chi connectivity index (χ3n) is 3.07. The monoisotopic (exact) mass is 211 g/mol. The second-order valence-corrected chi connectivity index (χ2v) is 4.23. The first-order valence-electron chi connectivity index (χ1n) is 5.79. The lowest BCUT2D eigenvalue weighted by molar-refractivity contribution is -0.122. The van der Waals surface area contributed by atoms with Crippen LogP contribution < -0.4 is 5.32 Å². The molecule has 1 saturated carbocycles. The largest absolute Gasteiger partial charge is 0.396 e. The molecule has 1 aliphatic carbocycles. The lowest BCUT2D eigenvalue weighted by atomic mass is 9.85. The number of allylic oxidation sites excluding steroid dienone is 1. The number of amides is 1. The van der Waals surface area contributed by atoms with E-state index in [0.29, 0.717) is 6.42 Å². The normalized spacial score (nSPS) is 25.9. The van der Waals surface area contributed by atoms with E-state index in [0.717, 1.165) is 25.7 Å². The summed E-state index contributed by atoms with van der Waals surface area (Å²) in [5, 5.41) is 12.2. The molecule has 3 heteroatoms. The van der Waals surface area contributed by atoms with Gasteiger partial charge in [-0.25, -0.2) is 0 Å². The van der Waals surface area contributed by atoms with E-state index in [-0.39, 0.29) is 24.5 Å². The molecule has 86 valence electrons. The van der Waals surface area contributed by atoms with Crippen molar-refractivity contribution in [1.29, 1.82) is 0 Å². The minimum atomic E-state index is 0.0836. The van der Waals surface area contributed by atoms with Crippen LogP contribution in [0.5, 0.6) is 0 Å². The van der Waals surface area contributed by atoms with Crippen molar-refractivity contribution in [2.45, 2.75) is 44.6 Å².